The number of hydrogen-bond donors (Lipinski definition) is 4. The minimum Gasteiger partial charge on any atom is -0.383 e. The largest absolute Gasteiger partial charge is 0.383 e. The summed E-state index contributed by atoms with van der Waals surface area (Å²) in [6.07, 6.45) is 0.133. The lowest BCUT2D eigenvalue weighted by atomic mass is 10.0. The molecule has 0 aliphatic carbocycles. The Morgan fingerprint density at radius 2 is 1.90 bits per heavy atom. The van der Waals surface area contributed by atoms with Crippen molar-refractivity contribution in [1.82, 2.24) is 21.5 Å². The molecule has 0 spiro atoms. The molecule has 1 amide bonds. The van der Waals surface area contributed by atoms with Gasteiger partial charge in [-0.25, -0.2) is 29.0 Å². The fourth-order valence-electron chi connectivity index (χ4n) is 3.14. The first-order chi connectivity index (χ1) is 14.9. The van der Waals surface area contributed by atoms with Gasteiger partial charge in [-0.2, -0.15) is 0 Å². The Kier molecular flexibility index (Phi) is 7.61. The van der Waals surface area contributed by atoms with Gasteiger partial charge < -0.3 is 10.1 Å². The highest BCUT2D eigenvalue weighted by atomic mass is 19.2. The first-order valence-electron chi connectivity index (χ1n) is 9.72. The van der Waals surface area contributed by atoms with Crippen LogP contribution >= 0.6 is 0 Å². The SMILES string of the molecule is COC[C@H](C)NC(=NC1CC(c2ccc(F)cc2)NN1)NC(=O)c1ccc(F)c(F)c1. The molecular formula is C21H24F3N5O2. The van der Waals surface area contributed by atoms with Crippen LogP contribution in [0.1, 0.15) is 35.3 Å². The fourth-order valence-corrected chi connectivity index (χ4v) is 3.14. The highest BCUT2D eigenvalue weighted by molar-refractivity contribution is 6.05. The van der Waals surface area contributed by atoms with Crippen molar-refractivity contribution in [2.45, 2.75) is 31.6 Å². The lowest BCUT2D eigenvalue weighted by Gasteiger charge is -2.18. The van der Waals surface area contributed by atoms with Gasteiger partial charge in [0.25, 0.3) is 5.91 Å². The molecular weight excluding hydrogens is 411 g/mol. The molecule has 2 unspecified atom stereocenters. The maximum Gasteiger partial charge on any atom is 0.258 e. The Morgan fingerprint density at radius 1 is 1.16 bits per heavy atom. The summed E-state index contributed by atoms with van der Waals surface area (Å²) in [6, 6.07) is 8.74. The number of hydrazine groups is 1. The third-order valence-electron chi connectivity index (χ3n) is 4.65. The van der Waals surface area contributed by atoms with E-state index >= 15 is 0 Å². The summed E-state index contributed by atoms with van der Waals surface area (Å²) < 4.78 is 44.9. The summed E-state index contributed by atoms with van der Waals surface area (Å²) in [5.41, 5.74) is 6.95. The molecule has 0 saturated carbocycles. The molecule has 1 saturated heterocycles. The average molecular weight is 435 g/mol. The number of nitrogens with one attached hydrogen (secondary N) is 4. The molecule has 1 heterocycles. The molecule has 166 valence electrons. The third-order valence-corrected chi connectivity index (χ3v) is 4.65. The molecule has 10 heteroatoms. The van der Waals surface area contributed by atoms with Gasteiger partial charge in [-0.15, -0.1) is 0 Å². The summed E-state index contributed by atoms with van der Waals surface area (Å²) in [5.74, 6) is -2.96. The zero-order valence-corrected chi connectivity index (χ0v) is 17.1. The Hall–Kier alpha value is -2.95. The van der Waals surface area contributed by atoms with Crippen molar-refractivity contribution in [3.05, 3.63) is 71.0 Å². The smallest absolute Gasteiger partial charge is 0.258 e. The Bertz CT molecular complexity index is 939. The van der Waals surface area contributed by atoms with E-state index in [1.54, 1.807) is 19.2 Å². The highest BCUT2D eigenvalue weighted by Crippen LogP contribution is 2.22. The van der Waals surface area contributed by atoms with Gasteiger partial charge >= 0.3 is 0 Å². The van der Waals surface area contributed by atoms with Gasteiger partial charge in [-0.05, 0) is 42.8 Å². The fraction of sp³-hybridized carbons (Fsp3) is 0.333. The number of aliphatic imine (C=N–C) groups is 1. The predicted octanol–water partition coefficient (Wildman–Crippen LogP) is 2.38. The van der Waals surface area contributed by atoms with Crippen LogP contribution in [0.2, 0.25) is 0 Å². The predicted molar refractivity (Wildman–Crippen MR) is 110 cm³/mol. The maximum atomic E-state index is 13.5. The van der Waals surface area contributed by atoms with Gasteiger partial charge in [0.15, 0.2) is 17.6 Å². The van der Waals surface area contributed by atoms with Gasteiger partial charge in [0.1, 0.15) is 12.0 Å². The number of carbonyl (C=O) groups excluding carboxylic acids is 1. The molecule has 7 nitrogen and oxygen atoms in total. The first kappa shape index (κ1) is 22.7. The standard InChI is InChI=1S/C21H24F3N5O2/c1-12(11-31-2)25-21(27-20(30)14-5-8-16(23)17(24)9-14)26-19-10-18(28-29-19)13-3-6-15(22)7-4-13/h3-9,12,18-19,28-29H,10-11H2,1-2H3,(H2,25,26,27,30)/t12-,18?,19?/m0/s1. The summed E-state index contributed by atoms with van der Waals surface area (Å²) in [6.45, 7) is 2.19. The van der Waals surface area contributed by atoms with Crippen LogP contribution < -0.4 is 21.5 Å². The normalized spacial score (nSPS) is 19.8. The molecule has 1 fully saturated rings. The van der Waals surface area contributed by atoms with E-state index in [-0.39, 0.29) is 29.4 Å². The number of carbonyl (C=O) groups is 1. The highest BCUT2D eigenvalue weighted by Gasteiger charge is 2.25. The summed E-state index contributed by atoms with van der Waals surface area (Å²) >= 11 is 0. The number of guanidine groups is 1. The molecule has 0 radical (unpaired) electrons. The number of amides is 1. The summed E-state index contributed by atoms with van der Waals surface area (Å²) in [4.78, 5) is 17.0. The van der Waals surface area contributed by atoms with Crippen molar-refractivity contribution in [2.24, 2.45) is 4.99 Å². The molecule has 3 rings (SSSR count). The quantitative estimate of drug-likeness (QED) is 0.414. The second-order valence-electron chi connectivity index (χ2n) is 7.21. The van der Waals surface area contributed by atoms with Crippen LogP contribution in [0.25, 0.3) is 0 Å². The van der Waals surface area contributed by atoms with Gasteiger partial charge in [0.2, 0.25) is 0 Å². The van der Waals surface area contributed by atoms with E-state index in [1.807, 2.05) is 6.92 Å². The van der Waals surface area contributed by atoms with Gasteiger partial charge in [0, 0.05) is 31.2 Å². The summed E-state index contributed by atoms with van der Waals surface area (Å²) in [5, 5.41) is 5.64. The topological polar surface area (TPSA) is 86.8 Å². The first-order valence-corrected chi connectivity index (χ1v) is 9.72. The monoisotopic (exact) mass is 435 g/mol. The molecule has 2 aromatic carbocycles. The lowest BCUT2D eigenvalue weighted by Crippen LogP contribution is -2.47. The van der Waals surface area contributed by atoms with Crippen molar-refractivity contribution in [2.75, 3.05) is 13.7 Å². The third kappa shape index (κ3) is 6.27. The van der Waals surface area contributed by atoms with E-state index < -0.39 is 23.7 Å². The Balaban J connectivity index is 1.73. The Labute approximate surface area is 178 Å². The van der Waals surface area contributed by atoms with Crippen LogP contribution in [0, 0.1) is 17.5 Å². The van der Waals surface area contributed by atoms with Crippen molar-refractivity contribution in [1.29, 1.82) is 0 Å². The number of rotatable bonds is 6. The van der Waals surface area contributed by atoms with E-state index in [9.17, 15) is 18.0 Å². The van der Waals surface area contributed by atoms with Crippen molar-refractivity contribution < 1.29 is 22.7 Å². The lowest BCUT2D eigenvalue weighted by molar-refractivity contribution is 0.0974. The van der Waals surface area contributed by atoms with Crippen LogP contribution in [0.15, 0.2) is 47.5 Å². The number of nitrogens with zero attached hydrogens (tertiary/aromatic N) is 1. The van der Waals surface area contributed by atoms with E-state index in [0.29, 0.717) is 13.0 Å². The second kappa shape index (κ2) is 10.4. The molecule has 3 atom stereocenters. The molecule has 2 aromatic rings. The molecule has 31 heavy (non-hydrogen) atoms. The molecule has 0 aromatic heterocycles. The minimum atomic E-state index is -1.12. The number of benzene rings is 2. The maximum absolute atomic E-state index is 13.5. The molecule has 1 aliphatic heterocycles. The van der Waals surface area contributed by atoms with Gasteiger partial charge in [-0.3, -0.25) is 10.1 Å². The van der Waals surface area contributed by atoms with Crippen LogP contribution in [0.4, 0.5) is 13.2 Å². The van der Waals surface area contributed by atoms with Crippen molar-refractivity contribution in [3.8, 4) is 0 Å². The molecule has 0 bridgehead atoms. The van der Waals surface area contributed by atoms with E-state index in [1.165, 1.54) is 18.2 Å². The van der Waals surface area contributed by atoms with E-state index in [2.05, 4.69) is 26.5 Å². The zero-order chi connectivity index (χ0) is 22.4. The van der Waals surface area contributed by atoms with Gasteiger partial charge in [-0.1, -0.05) is 12.1 Å². The average Bonchev–Trinajstić information content (AvgIpc) is 3.19. The van der Waals surface area contributed by atoms with Gasteiger partial charge in [0.05, 0.1) is 6.61 Å². The van der Waals surface area contributed by atoms with Crippen LogP contribution in [0.5, 0.6) is 0 Å². The van der Waals surface area contributed by atoms with E-state index in [4.69, 9.17) is 4.74 Å². The minimum absolute atomic E-state index is 0.0468. The molecule has 1 aliphatic rings. The number of halogens is 3. The molecule has 4 N–H and O–H groups in total. The van der Waals surface area contributed by atoms with E-state index in [0.717, 1.165) is 17.7 Å². The number of ether oxygens (including phenoxy) is 1. The van der Waals surface area contributed by atoms with Crippen LogP contribution in [-0.4, -0.2) is 37.8 Å². The zero-order valence-electron chi connectivity index (χ0n) is 17.1. The van der Waals surface area contributed by atoms with Crippen molar-refractivity contribution >= 4 is 11.9 Å². The number of hydrogen-bond acceptors (Lipinski definition) is 5. The van der Waals surface area contributed by atoms with Crippen LogP contribution in [-0.2, 0) is 4.74 Å². The number of methoxy groups -OCH3 is 1. The van der Waals surface area contributed by atoms with Crippen LogP contribution in [0.3, 0.4) is 0 Å². The Morgan fingerprint density at radius 3 is 2.58 bits per heavy atom. The van der Waals surface area contributed by atoms with Crippen molar-refractivity contribution in [3.63, 3.8) is 0 Å². The second-order valence-corrected chi connectivity index (χ2v) is 7.21. The summed E-state index contributed by atoms with van der Waals surface area (Å²) in [7, 11) is 1.55.